The van der Waals surface area contributed by atoms with Gasteiger partial charge in [0.15, 0.2) is 0 Å². The third-order valence-electron chi connectivity index (χ3n) is 4.02. The van der Waals surface area contributed by atoms with Crippen molar-refractivity contribution in [3.05, 3.63) is 35.4 Å². The van der Waals surface area contributed by atoms with Gasteiger partial charge in [0.2, 0.25) is 0 Å². The zero-order valence-corrected chi connectivity index (χ0v) is 10.5. The first-order valence-corrected chi connectivity index (χ1v) is 6.53. The Hall–Kier alpha value is -0.820. The maximum absolute atomic E-state index is 3.49. The van der Waals surface area contributed by atoms with E-state index in [2.05, 4.69) is 43.6 Å². The van der Waals surface area contributed by atoms with E-state index in [1.54, 1.807) is 0 Å². The van der Waals surface area contributed by atoms with Crippen LogP contribution in [0, 0.1) is 12.8 Å². The van der Waals surface area contributed by atoms with Crippen LogP contribution >= 0.6 is 0 Å². The molecule has 16 heavy (non-hydrogen) atoms. The van der Waals surface area contributed by atoms with Crippen LogP contribution in [0.5, 0.6) is 0 Å². The second-order valence-electron chi connectivity index (χ2n) is 5.07. The third-order valence-corrected chi connectivity index (χ3v) is 4.02. The molecule has 1 nitrogen and oxygen atoms in total. The standard InChI is InChI=1S/C15H23N/c1-12-7-3-4-8-13(12)11-14-9-5-6-10-15(14)16-2/h3-4,7-8,14-16H,5-6,9-11H2,1-2H3. The van der Waals surface area contributed by atoms with E-state index in [0.29, 0.717) is 0 Å². The molecule has 0 amide bonds. The molecular weight excluding hydrogens is 194 g/mol. The molecule has 2 rings (SSSR count). The van der Waals surface area contributed by atoms with Gasteiger partial charge in [-0.3, -0.25) is 0 Å². The Morgan fingerprint density at radius 2 is 1.94 bits per heavy atom. The maximum Gasteiger partial charge on any atom is 0.00955 e. The van der Waals surface area contributed by atoms with Gasteiger partial charge in [-0.25, -0.2) is 0 Å². The minimum absolute atomic E-state index is 0.730. The molecule has 0 heterocycles. The SMILES string of the molecule is CNC1CCCCC1Cc1ccccc1C. The summed E-state index contributed by atoms with van der Waals surface area (Å²) in [6.45, 7) is 2.23. The van der Waals surface area contributed by atoms with Gasteiger partial charge in [0.1, 0.15) is 0 Å². The zero-order valence-electron chi connectivity index (χ0n) is 10.5. The van der Waals surface area contributed by atoms with E-state index >= 15 is 0 Å². The molecule has 1 aromatic rings. The molecule has 1 saturated carbocycles. The van der Waals surface area contributed by atoms with Crippen LogP contribution in [0.4, 0.5) is 0 Å². The molecule has 1 aliphatic rings. The fourth-order valence-corrected chi connectivity index (χ4v) is 2.95. The first-order valence-electron chi connectivity index (χ1n) is 6.53. The van der Waals surface area contributed by atoms with Crippen molar-refractivity contribution in [2.75, 3.05) is 7.05 Å². The molecule has 0 saturated heterocycles. The smallest absolute Gasteiger partial charge is 0.00955 e. The Morgan fingerprint density at radius 3 is 2.69 bits per heavy atom. The summed E-state index contributed by atoms with van der Waals surface area (Å²) in [5.74, 6) is 0.833. The monoisotopic (exact) mass is 217 g/mol. The molecule has 0 bridgehead atoms. The molecule has 1 N–H and O–H groups in total. The highest BCUT2D eigenvalue weighted by Crippen LogP contribution is 2.28. The fourth-order valence-electron chi connectivity index (χ4n) is 2.95. The maximum atomic E-state index is 3.49. The zero-order chi connectivity index (χ0) is 11.4. The van der Waals surface area contributed by atoms with E-state index < -0.39 is 0 Å². The molecule has 0 radical (unpaired) electrons. The van der Waals surface area contributed by atoms with Gasteiger partial charge in [-0.05, 0) is 50.3 Å². The van der Waals surface area contributed by atoms with Gasteiger partial charge in [-0.1, -0.05) is 37.1 Å². The van der Waals surface area contributed by atoms with E-state index in [4.69, 9.17) is 0 Å². The van der Waals surface area contributed by atoms with Crippen LogP contribution < -0.4 is 5.32 Å². The lowest BCUT2D eigenvalue weighted by Gasteiger charge is -2.31. The Kier molecular flexibility index (Phi) is 4.00. The van der Waals surface area contributed by atoms with Gasteiger partial charge in [0.25, 0.3) is 0 Å². The van der Waals surface area contributed by atoms with E-state index in [1.165, 1.54) is 43.2 Å². The van der Waals surface area contributed by atoms with Gasteiger partial charge in [0.05, 0.1) is 0 Å². The number of hydrogen-bond acceptors (Lipinski definition) is 1. The van der Waals surface area contributed by atoms with Gasteiger partial charge in [-0.15, -0.1) is 0 Å². The van der Waals surface area contributed by atoms with Crippen molar-refractivity contribution in [3.63, 3.8) is 0 Å². The second-order valence-corrected chi connectivity index (χ2v) is 5.07. The van der Waals surface area contributed by atoms with Crippen molar-refractivity contribution in [2.24, 2.45) is 5.92 Å². The average Bonchev–Trinajstić information content (AvgIpc) is 2.33. The Balaban J connectivity index is 2.05. The largest absolute Gasteiger partial charge is 0.317 e. The lowest BCUT2D eigenvalue weighted by Crippen LogP contribution is -2.37. The molecule has 0 aliphatic heterocycles. The van der Waals surface area contributed by atoms with Crippen molar-refractivity contribution in [1.29, 1.82) is 0 Å². The van der Waals surface area contributed by atoms with Crippen LogP contribution in [-0.2, 0) is 6.42 Å². The summed E-state index contributed by atoms with van der Waals surface area (Å²) in [7, 11) is 2.11. The van der Waals surface area contributed by atoms with Crippen molar-refractivity contribution in [3.8, 4) is 0 Å². The Labute approximate surface area is 99.3 Å². The first-order chi connectivity index (χ1) is 7.81. The lowest BCUT2D eigenvalue weighted by atomic mass is 9.80. The summed E-state index contributed by atoms with van der Waals surface area (Å²) in [6.07, 6.45) is 6.80. The summed E-state index contributed by atoms with van der Waals surface area (Å²) in [5.41, 5.74) is 2.98. The van der Waals surface area contributed by atoms with Gasteiger partial charge < -0.3 is 5.32 Å². The molecule has 2 atom stereocenters. The molecular formula is C15H23N. The first kappa shape index (κ1) is 11.7. The molecule has 88 valence electrons. The number of nitrogens with one attached hydrogen (secondary N) is 1. The van der Waals surface area contributed by atoms with Crippen LogP contribution in [0.1, 0.15) is 36.8 Å². The summed E-state index contributed by atoms with van der Waals surface area (Å²) in [6, 6.07) is 9.55. The highest BCUT2D eigenvalue weighted by molar-refractivity contribution is 5.26. The summed E-state index contributed by atoms with van der Waals surface area (Å²) < 4.78 is 0. The van der Waals surface area contributed by atoms with Crippen LogP contribution in [0.25, 0.3) is 0 Å². The van der Waals surface area contributed by atoms with Crippen LogP contribution in [0.15, 0.2) is 24.3 Å². The van der Waals surface area contributed by atoms with Crippen molar-refractivity contribution < 1.29 is 0 Å². The van der Waals surface area contributed by atoms with Gasteiger partial charge in [0, 0.05) is 6.04 Å². The topological polar surface area (TPSA) is 12.0 Å². The second kappa shape index (κ2) is 5.49. The van der Waals surface area contributed by atoms with Gasteiger partial charge in [-0.2, -0.15) is 0 Å². The predicted molar refractivity (Wildman–Crippen MR) is 69.7 cm³/mol. The Bertz CT molecular complexity index is 332. The minimum atomic E-state index is 0.730. The highest BCUT2D eigenvalue weighted by Gasteiger charge is 2.23. The molecule has 1 heteroatoms. The number of aryl methyl sites for hydroxylation is 1. The number of hydrogen-bond donors (Lipinski definition) is 1. The highest BCUT2D eigenvalue weighted by atomic mass is 14.9. The van der Waals surface area contributed by atoms with Crippen molar-refractivity contribution in [1.82, 2.24) is 5.32 Å². The Morgan fingerprint density at radius 1 is 1.19 bits per heavy atom. The van der Waals surface area contributed by atoms with Gasteiger partial charge >= 0.3 is 0 Å². The van der Waals surface area contributed by atoms with Crippen LogP contribution in [-0.4, -0.2) is 13.1 Å². The molecule has 1 aliphatic carbocycles. The number of benzene rings is 1. The normalized spacial score (nSPS) is 25.6. The molecule has 1 aromatic carbocycles. The third kappa shape index (κ3) is 2.65. The minimum Gasteiger partial charge on any atom is -0.317 e. The molecule has 0 aromatic heterocycles. The lowest BCUT2D eigenvalue weighted by molar-refractivity contribution is 0.272. The summed E-state index contributed by atoms with van der Waals surface area (Å²) in [5, 5.41) is 3.49. The predicted octanol–water partition coefficient (Wildman–Crippen LogP) is 3.32. The van der Waals surface area contributed by atoms with E-state index in [1.807, 2.05) is 0 Å². The molecule has 2 unspecified atom stereocenters. The van der Waals surface area contributed by atoms with Crippen LogP contribution in [0.3, 0.4) is 0 Å². The van der Waals surface area contributed by atoms with E-state index in [9.17, 15) is 0 Å². The number of rotatable bonds is 3. The fraction of sp³-hybridized carbons (Fsp3) is 0.600. The quantitative estimate of drug-likeness (QED) is 0.819. The molecule has 1 fully saturated rings. The average molecular weight is 217 g/mol. The van der Waals surface area contributed by atoms with Crippen molar-refractivity contribution >= 4 is 0 Å². The molecule has 0 spiro atoms. The summed E-state index contributed by atoms with van der Waals surface area (Å²) >= 11 is 0. The van der Waals surface area contributed by atoms with E-state index in [-0.39, 0.29) is 0 Å². The summed E-state index contributed by atoms with van der Waals surface area (Å²) in [4.78, 5) is 0. The van der Waals surface area contributed by atoms with Crippen LogP contribution in [0.2, 0.25) is 0 Å². The van der Waals surface area contributed by atoms with E-state index in [0.717, 1.165) is 12.0 Å². The van der Waals surface area contributed by atoms with Crippen molar-refractivity contribution in [2.45, 2.75) is 45.1 Å².